The lowest BCUT2D eigenvalue weighted by Crippen LogP contribution is -2.31. The molecule has 0 aliphatic heterocycles. The van der Waals surface area contributed by atoms with Gasteiger partial charge in [-0.25, -0.2) is 0 Å². The zero-order valence-electron chi connectivity index (χ0n) is 12.5. The molecule has 0 bridgehead atoms. The van der Waals surface area contributed by atoms with Crippen LogP contribution in [0, 0.1) is 11.3 Å². The van der Waals surface area contributed by atoms with Crippen molar-refractivity contribution in [1.29, 1.82) is 0 Å². The second-order valence-electron chi connectivity index (χ2n) is 6.48. The third-order valence-corrected chi connectivity index (χ3v) is 2.68. The first kappa shape index (κ1) is 16.4. The molecule has 0 aliphatic rings. The van der Waals surface area contributed by atoms with Crippen molar-refractivity contribution in [1.82, 2.24) is 10.2 Å². The Labute approximate surface area is 107 Å². The number of rotatable bonds is 7. The van der Waals surface area contributed by atoms with Crippen molar-refractivity contribution in [2.45, 2.75) is 47.5 Å². The molecule has 0 saturated heterocycles. The minimum atomic E-state index is 0.0710. The van der Waals surface area contributed by atoms with Gasteiger partial charge in [0.05, 0.1) is 0 Å². The standard InChI is InChI=1S/C14H30N2O/c1-12(10-15-13(2)17)8-7-9-16(6)11-14(3,4)5/h12H,7-11H2,1-6H3,(H,15,17)/t12-/m1/s1. The Morgan fingerprint density at radius 1 is 1.35 bits per heavy atom. The third kappa shape index (κ3) is 11.7. The van der Waals surface area contributed by atoms with Crippen molar-refractivity contribution in [3.63, 3.8) is 0 Å². The molecular weight excluding hydrogens is 212 g/mol. The molecule has 0 fully saturated rings. The molecule has 0 aromatic heterocycles. The molecule has 0 aromatic carbocycles. The second-order valence-corrected chi connectivity index (χ2v) is 6.48. The highest BCUT2D eigenvalue weighted by Gasteiger charge is 2.13. The van der Waals surface area contributed by atoms with E-state index in [9.17, 15) is 4.79 Å². The normalized spacial score (nSPS) is 13.8. The van der Waals surface area contributed by atoms with Gasteiger partial charge in [-0.15, -0.1) is 0 Å². The van der Waals surface area contributed by atoms with Crippen LogP contribution in [0.2, 0.25) is 0 Å². The number of nitrogens with one attached hydrogen (secondary N) is 1. The van der Waals surface area contributed by atoms with E-state index in [1.54, 1.807) is 6.92 Å². The number of hydrogen-bond donors (Lipinski definition) is 1. The first-order valence-corrected chi connectivity index (χ1v) is 6.63. The lowest BCUT2D eigenvalue weighted by molar-refractivity contribution is -0.119. The summed E-state index contributed by atoms with van der Waals surface area (Å²) >= 11 is 0. The predicted molar refractivity (Wildman–Crippen MR) is 74.0 cm³/mol. The van der Waals surface area contributed by atoms with Gasteiger partial charge in [-0.05, 0) is 37.8 Å². The molecule has 0 radical (unpaired) electrons. The van der Waals surface area contributed by atoms with E-state index in [4.69, 9.17) is 0 Å². The van der Waals surface area contributed by atoms with Crippen LogP contribution < -0.4 is 5.32 Å². The maximum atomic E-state index is 10.8. The van der Waals surface area contributed by atoms with E-state index in [2.05, 4.69) is 45.0 Å². The molecule has 3 heteroatoms. The monoisotopic (exact) mass is 242 g/mol. The molecule has 3 nitrogen and oxygen atoms in total. The number of hydrogen-bond acceptors (Lipinski definition) is 2. The predicted octanol–water partition coefficient (Wildman–Crippen LogP) is 2.52. The van der Waals surface area contributed by atoms with Gasteiger partial charge < -0.3 is 10.2 Å². The molecule has 0 aliphatic carbocycles. The van der Waals surface area contributed by atoms with Crippen LogP contribution in [0.5, 0.6) is 0 Å². The molecule has 0 spiro atoms. The van der Waals surface area contributed by atoms with Crippen molar-refractivity contribution < 1.29 is 4.79 Å². The molecule has 1 N–H and O–H groups in total. The fourth-order valence-corrected chi connectivity index (χ4v) is 2.02. The van der Waals surface area contributed by atoms with Gasteiger partial charge in [-0.3, -0.25) is 4.79 Å². The highest BCUT2D eigenvalue weighted by Crippen LogP contribution is 2.14. The number of amides is 1. The Morgan fingerprint density at radius 3 is 2.41 bits per heavy atom. The third-order valence-electron chi connectivity index (χ3n) is 2.68. The molecule has 1 atom stereocenters. The van der Waals surface area contributed by atoms with E-state index in [-0.39, 0.29) is 5.91 Å². The summed E-state index contributed by atoms with van der Waals surface area (Å²) in [4.78, 5) is 13.2. The van der Waals surface area contributed by atoms with Gasteiger partial charge in [-0.2, -0.15) is 0 Å². The van der Waals surface area contributed by atoms with Gasteiger partial charge in [0.1, 0.15) is 0 Å². The topological polar surface area (TPSA) is 32.3 Å². The van der Waals surface area contributed by atoms with Crippen LogP contribution in [0.1, 0.15) is 47.5 Å². The van der Waals surface area contributed by atoms with Crippen LogP contribution in [0.25, 0.3) is 0 Å². The van der Waals surface area contributed by atoms with Gasteiger partial charge in [-0.1, -0.05) is 27.7 Å². The molecule has 17 heavy (non-hydrogen) atoms. The summed E-state index contributed by atoms with van der Waals surface area (Å²) in [7, 11) is 2.18. The molecular formula is C14H30N2O. The largest absolute Gasteiger partial charge is 0.356 e. The number of carbonyl (C=O) groups is 1. The SMILES string of the molecule is CC(=O)NC[C@H](C)CCCN(C)CC(C)(C)C. The summed E-state index contributed by atoms with van der Waals surface area (Å²) in [5.41, 5.74) is 0.372. The molecule has 0 heterocycles. The average Bonchev–Trinajstić information content (AvgIpc) is 2.11. The van der Waals surface area contributed by atoms with Crippen molar-refractivity contribution in [3.05, 3.63) is 0 Å². The summed E-state index contributed by atoms with van der Waals surface area (Å²) in [5, 5.41) is 2.87. The zero-order valence-corrected chi connectivity index (χ0v) is 12.5. The van der Waals surface area contributed by atoms with E-state index in [0.29, 0.717) is 11.3 Å². The Hall–Kier alpha value is -0.570. The number of carbonyl (C=O) groups excluding carboxylic acids is 1. The van der Waals surface area contributed by atoms with Gasteiger partial charge >= 0.3 is 0 Å². The maximum absolute atomic E-state index is 10.8. The molecule has 102 valence electrons. The molecule has 0 unspecified atom stereocenters. The fraction of sp³-hybridized carbons (Fsp3) is 0.929. The molecule has 0 saturated carbocycles. The molecule has 0 rings (SSSR count). The van der Waals surface area contributed by atoms with Crippen molar-refractivity contribution in [2.75, 3.05) is 26.7 Å². The van der Waals surface area contributed by atoms with E-state index >= 15 is 0 Å². The van der Waals surface area contributed by atoms with Gasteiger partial charge in [0, 0.05) is 20.0 Å². The fourth-order valence-electron chi connectivity index (χ4n) is 2.02. The second kappa shape index (κ2) is 7.70. The summed E-state index contributed by atoms with van der Waals surface area (Å²) in [5.74, 6) is 0.642. The Bertz CT molecular complexity index is 221. The van der Waals surface area contributed by atoms with Gasteiger partial charge in [0.15, 0.2) is 0 Å². The average molecular weight is 242 g/mol. The van der Waals surface area contributed by atoms with Crippen LogP contribution >= 0.6 is 0 Å². The minimum Gasteiger partial charge on any atom is -0.356 e. The molecule has 1 amide bonds. The lowest BCUT2D eigenvalue weighted by atomic mass is 9.96. The smallest absolute Gasteiger partial charge is 0.216 e. The first-order valence-electron chi connectivity index (χ1n) is 6.63. The first-order chi connectivity index (χ1) is 7.70. The van der Waals surface area contributed by atoms with Crippen molar-refractivity contribution in [3.8, 4) is 0 Å². The molecule has 0 aromatic rings. The maximum Gasteiger partial charge on any atom is 0.216 e. The van der Waals surface area contributed by atoms with E-state index in [1.807, 2.05) is 0 Å². The highest BCUT2D eigenvalue weighted by molar-refractivity contribution is 5.72. The number of nitrogens with zero attached hydrogens (tertiary/aromatic N) is 1. The van der Waals surface area contributed by atoms with E-state index in [1.165, 1.54) is 12.8 Å². The highest BCUT2D eigenvalue weighted by atomic mass is 16.1. The van der Waals surface area contributed by atoms with Crippen LogP contribution in [0.15, 0.2) is 0 Å². The van der Waals surface area contributed by atoms with Crippen LogP contribution in [-0.2, 0) is 4.79 Å². The van der Waals surface area contributed by atoms with Gasteiger partial charge in [0.25, 0.3) is 0 Å². The summed E-state index contributed by atoms with van der Waals surface area (Å²) in [6.07, 6.45) is 2.38. The quantitative estimate of drug-likeness (QED) is 0.744. The van der Waals surface area contributed by atoms with Crippen molar-refractivity contribution in [2.24, 2.45) is 11.3 Å². The lowest BCUT2D eigenvalue weighted by Gasteiger charge is -2.26. The van der Waals surface area contributed by atoms with Crippen LogP contribution in [0.4, 0.5) is 0 Å². The summed E-state index contributed by atoms with van der Waals surface area (Å²) in [6.45, 7) is 13.6. The van der Waals surface area contributed by atoms with Crippen LogP contribution in [0.3, 0.4) is 0 Å². The minimum absolute atomic E-state index is 0.0710. The van der Waals surface area contributed by atoms with Gasteiger partial charge in [0.2, 0.25) is 5.91 Å². The Kier molecular flexibility index (Phi) is 7.44. The summed E-state index contributed by atoms with van der Waals surface area (Å²) < 4.78 is 0. The zero-order chi connectivity index (χ0) is 13.5. The van der Waals surface area contributed by atoms with E-state index in [0.717, 1.165) is 19.6 Å². The summed E-state index contributed by atoms with van der Waals surface area (Å²) in [6, 6.07) is 0. The van der Waals surface area contributed by atoms with Crippen LogP contribution in [-0.4, -0.2) is 37.5 Å². The Morgan fingerprint density at radius 2 is 1.94 bits per heavy atom. The van der Waals surface area contributed by atoms with Crippen molar-refractivity contribution >= 4 is 5.91 Å². The van der Waals surface area contributed by atoms with E-state index < -0.39 is 0 Å². The Balaban J connectivity index is 3.58.